The summed E-state index contributed by atoms with van der Waals surface area (Å²) in [5, 5.41) is 1.31. The number of nitrogens with one attached hydrogen (secondary N) is 1. The normalized spacial score (nSPS) is 13.2. The zero-order chi connectivity index (χ0) is 13.6. The van der Waals surface area contributed by atoms with Gasteiger partial charge in [-0.1, -0.05) is 41.5 Å². The van der Waals surface area contributed by atoms with Gasteiger partial charge in [0.25, 0.3) is 0 Å². The largest absolute Gasteiger partial charge is 0.360 e. The van der Waals surface area contributed by atoms with Gasteiger partial charge in [-0.05, 0) is 23.5 Å². The lowest BCUT2D eigenvalue weighted by molar-refractivity contribution is 0.493. The molecule has 2 aromatic heterocycles. The molecule has 2 nitrogen and oxygen atoms in total. The summed E-state index contributed by atoms with van der Waals surface area (Å²) in [4.78, 5) is 8.14. The highest BCUT2D eigenvalue weighted by molar-refractivity contribution is 5.86. The van der Waals surface area contributed by atoms with Crippen LogP contribution >= 0.6 is 0 Å². The highest BCUT2D eigenvalue weighted by Gasteiger charge is 2.26. The smallest absolute Gasteiger partial charge is 0.0700 e. The van der Waals surface area contributed by atoms with Crippen LogP contribution in [0.1, 0.15) is 59.2 Å². The molecule has 0 fully saturated rings. The van der Waals surface area contributed by atoms with E-state index in [1.54, 1.807) is 0 Å². The first-order valence-corrected chi connectivity index (χ1v) is 6.74. The lowest BCUT2D eigenvalue weighted by atomic mass is 9.81. The van der Waals surface area contributed by atoms with Crippen LogP contribution in [0.25, 0.3) is 10.9 Å². The predicted octanol–water partition coefficient (Wildman–Crippen LogP) is 4.55. The zero-order valence-electron chi connectivity index (χ0n) is 12.4. The number of aromatic amines is 1. The molecule has 2 heteroatoms. The molecule has 0 spiro atoms. The highest BCUT2D eigenvalue weighted by Crippen LogP contribution is 2.35. The van der Waals surface area contributed by atoms with Crippen LogP contribution in [-0.2, 0) is 10.8 Å². The molecule has 0 aliphatic rings. The molecular weight excluding hydrogens is 220 g/mol. The minimum Gasteiger partial charge on any atom is -0.360 e. The van der Waals surface area contributed by atoms with Crippen LogP contribution in [0.2, 0.25) is 0 Å². The Morgan fingerprint density at radius 3 is 2.39 bits per heavy atom. The molecule has 0 amide bonds. The summed E-state index contributed by atoms with van der Waals surface area (Å²) in [7, 11) is 0. The Morgan fingerprint density at radius 2 is 1.83 bits per heavy atom. The Labute approximate surface area is 110 Å². The van der Waals surface area contributed by atoms with Crippen LogP contribution in [0.5, 0.6) is 0 Å². The third-order valence-electron chi connectivity index (χ3n) is 3.93. The fourth-order valence-corrected chi connectivity index (χ4v) is 2.33. The van der Waals surface area contributed by atoms with E-state index < -0.39 is 0 Å². The maximum atomic E-state index is 4.76. The Balaban J connectivity index is 2.73. The SMILES string of the molecule is CCC(C)(C)c1ncc(C(C)(C)C)c2cc[nH]c12. The number of pyridine rings is 1. The van der Waals surface area contributed by atoms with Crippen molar-refractivity contribution in [2.75, 3.05) is 0 Å². The quantitative estimate of drug-likeness (QED) is 0.825. The van der Waals surface area contributed by atoms with Crippen LogP contribution in [0.15, 0.2) is 18.5 Å². The number of nitrogens with zero attached hydrogens (tertiary/aromatic N) is 1. The minimum absolute atomic E-state index is 0.111. The van der Waals surface area contributed by atoms with Crippen LogP contribution in [0.4, 0.5) is 0 Å². The van der Waals surface area contributed by atoms with E-state index in [0.29, 0.717) is 0 Å². The Bertz CT molecular complexity index is 556. The Hall–Kier alpha value is -1.31. The number of hydrogen-bond acceptors (Lipinski definition) is 1. The third kappa shape index (κ3) is 2.05. The van der Waals surface area contributed by atoms with Crippen molar-refractivity contribution in [3.63, 3.8) is 0 Å². The number of fused-ring (bicyclic) bond motifs is 1. The van der Waals surface area contributed by atoms with Gasteiger partial charge in [-0.15, -0.1) is 0 Å². The van der Waals surface area contributed by atoms with Crippen molar-refractivity contribution in [1.82, 2.24) is 9.97 Å². The second kappa shape index (κ2) is 4.11. The van der Waals surface area contributed by atoms with Crippen molar-refractivity contribution in [2.24, 2.45) is 0 Å². The molecule has 18 heavy (non-hydrogen) atoms. The molecule has 0 aromatic carbocycles. The summed E-state index contributed by atoms with van der Waals surface area (Å²) in [6.45, 7) is 13.4. The van der Waals surface area contributed by atoms with Crippen molar-refractivity contribution in [3.8, 4) is 0 Å². The summed E-state index contributed by atoms with van der Waals surface area (Å²) in [5.74, 6) is 0. The van der Waals surface area contributed by atoms with Crippen molar-refractivity contribution in [3.05, 3.63) is 29.7 Å². The van der Waals surface area contributed by atoms with Crippen molar-refractivity contribution >= 4 is 10.9 Å². The summed E-state index contributed by atoms with van der Waals surface area (Å²) in [5.41, 5.74) is 3.93. The summed E-state index contributed by atoms with van der Waals surface area (Å²) in [6.07, 6.45) is 5.17. The molecule has 0 saturated carbocycles. The number of rotatable bonds is 2. The van der Waals surface area contributed by atoms with E-state index in [1.807, 2.05) is 6.20 Å². The summed E-state index contributed by atoms with van der Waals surface area (Å²) in [6, 6.07) is 2.17. The molecule has 1 N–H and O–H groups in total. The molecule has 0 unspecified atom stereocenters. The third-order valence-corrected chi connectivity index (χ3v) is 3.93. The number of H-pyrrole nitrogens is 1. The van der Waals surface area contributed by atoms with E-state index >= 15 is 0 Å². The van der Waals surface area contributed by atoms with E-state index in [9.17, 15) is 0 Å². The van der Waals surface area contributed by atoms with E-state index in [0.717, 1.165) is 6.42 Å². The Kier molecular flexibility index (Phi) is 3.00. The van der Waals surface area contributed by atoms with Crippen molar-refractivity contribution < 1.29 is 0 Å². The maximum absolute atomic E-state index is 4.76. The summed E-state index contributed by atoms with van der Waals surface area (Å²) < 4.78 is 0. The van der Waals surface area contributed by atoms with Gasteiger partial charge in [-0.25, -0.2) is 0 Å². The number of aromatic nitrogens is 2. The van der Waals surface area contributed by atoms with Gasteiger partial charge >= 0.3 is 0 Å². The van der Waals surface area contributed by atoms with Gasteiger partial charge in [0.15, 0.2) is 0 Å². The van der Waals surface area contributed by atoms with Crippen molar-refractivity contribution in [1.29, 1.82) is 0 Å². The highest BCUT2D eigenvalue weighted by atomic mass is 14.8. The van der Waals surface area contributed by atoms with E-state index in [2.05, 4.69) is 58.8 Å². The minimum atomic E-state index is 0.111. The average Bonchev–Trinajstić information content (AvgIpc) is 2.74. The second-order valence-electron chi connectivity index (χ2n) is 6.77. The van der Waals surface area contributed by atoms with Gasteiger partial charge < -0.3 is 4.98 Å². The molecule has 0 radical (unpaired) electrons. The van der Waals surface area contributed by atoms with Gasteiger partial charge in [0.05, 0.1) is 11.2 Å². The molecular formula is C16H24N2. The maximum Gasteiger partial charge on any atom is 0.0700 e. The van der Waals surface area contributed by atoms with E-state index in [4.69, 9.17) is 4.98 Å². The van der Waals surface area contributed by atoms with Crippen LogP contribution in [0.3, 0.4) is 0 Å². The molecule has 2 aromatic rings. The van der Waals surface area contributed by atoms with Crippen LogP contribution in [0, 0.1) is 0 Å². The van der Waals surface area contributed by atoms with Gasteiger partial charge in [0.2, 0.25) is 0 Å². The fraction of sp³-hybridized carbons (Fsp3) is 0.562. The van der Waals surface area contributed by atoms with Crippen LogP contribution in [-0.4, -0.2) is 9.97 Å². The predicted molar refractivity (Wildman–Crippen MR) is 78.1 cm³/mol. The summed E-state index contributed by atoms with van der Waals surface area (Å²) >= 11 is 0. The first kappa shape index (κ1) is 13.1. The zero-order valence-corrected chi connectivity index (χ0v) is 12.4. The molecule has 0 aliphatic heterocycles. The Morgan fingerprint density at radius 1 is 1.17 bits per heavy atom. The standard InChI is InChI=1S/C16H24N2/c1-7-16(5,6)14-13-11(8-9-17-13)12(10-18-14)15(2,3)4/h8-10,17H,7H2,1-6H3. The molecule has 0 aliphatic carbocycles. The van der Waals surface area contributed by atoms with Gasteiger partial charge in [-0.3, -0.25) is 4.98 Å². The van der Waals surface area contributed by atoms with Crippen LogP contribution < -0.4 is 0 Å². The first-order chi connectivity index (χ1) is 8.27. The molecule has 2 rings (SSSR count). The molecule has 0 bridgehead atoms. The van der Waals surface area contributed by atoms with E-state index in [-0.39, 0.29) is 10.8 Å². The second-order valence-corrected chi connectivity index (χ2v) is 6.77. The van der Waals surface area contributed by atoms with Crippen molar-refractivity contribution in [2.45, 2.75) is 58.8 Å². The molecule has 0 atom stereocenters. The van der Waals surface area contributed by atoms with Gasteiger partial charge in [-0.2, -0.15) is 0 Å². The average molecular weight is 244 g/mol. The monoisotopic (exact) mass is 244 g/mol. The van der Waals surface area contributed by atoms with E-state index in [1.165, 1.54) is 22.2 Å². The van der Waals surface area contributed by atoms with Gasteiger partial charge in [0, 0.05) is 23.2 Å². The molecule has 2 heterocycles. The lowest BCUT2D eigenvalue weighted by Crippen LogP contribution is -2.20. The topological polar surface area (TPSA) is 28.7 Å². The van der Waals surface area contributed by atoms with Gasteiger partial charge in [0.1, 0.15) is 0 Å². The fourth-order valence-electron chi connectivity index (χ4n) is 2.33. The lowest BCUT2D eigenvalue weighted by Gasteiger charge is -2.26. The molecule has 0 saturated heterocycles. The number of hydrogen-bond donors (Lipinski definition) is 1. The molecule has 98 valence electrons. The first-order valence-electron chi connectivity index (χ1n) is 6.74.